The third kappa shape index (κ3) is 3.92. The number of nitrogens with one attached hydrogen (secondary N) is 2. The van der Waals surface area contributed by atoms with Crippen LogP contribution in [0.4, 0.5) is 17.5 Å². The fourth-order valence-electron chi connectivity index (χ4n) is 4.32. The molecule has 9 nitrogen and oxygen atoms in total. The Labute approximate surface area is 198 Å². The van der Waals surface area contributed by atoms with Gasteiger partial charge in [-0.1, -0.05) is 6.07 Å². The number of pyridine rings is 1. The van der Waals surface area contributed by atoms with Crippen LogP contribution in [-0.2, 0) is 19.5 Å². The molecule has 0 radical (unpaired) electrons. The van der Waals surface area contributed by atoms with Gasteiger partial charge in [0.25, 0.3) is 5.56 Å². The molecule has 4 heterocycles. The maximum absolute atomic E-state index is 13.1. The van der Waals surface area contributed by atoms with E-state index in [1.807, 2.05) is 30.8 Å². The Kier molecular flexibility index (Phi) is 5.79. The number of nitrogens with zero attached hydrogens (tertiary/aromatic N) is 6. The maximum Gasteiger partial charge on any atom is 0.278 e. The molecule has 0 aliphatic carbocycles. The molecule has 0 spiro atoms. The Hall–Kier alpha value is -3.72. The zero-order valence-electron chi connectivity index (χ0n) is 20.0. The van der Waals surface area contributed by atoms with Crippen LogP contribution in [0.1, 0.15) is 31.9 Å². The van der Waals surface area contributed by atoms with Crippen LogP contribution in [-0.4, -0.2) is 43.9 Å². The molecule has 2 N–H and O–H groups in total. The Morgan fingerprint density at radius 1 is 1.18 bits per heavy atom. The highest BCUT2D eigenvalue weighted by Crippen LogP contribution is 2.23. The van der Waals surface area contributed by atoms with Crippen LogP contribution in [0.3, 0.4) is 0 Å². The summed E-state index contributed by atoms with van der Waals surface area (Å²) >= 11 is 0. The van der Waals surface area contributed by atoms with Crippen LogP contribution in [0.25, 0.3) is 16.7 Å². The molecule has 1 aliphatic rings. The standard InChI is InChI=1S/C25H30N8O/c1-5-32-24(34)21-15-28-25(29-19-7-6-17-8-10-26-14-18(17)12-19)30-23(21)33(32)20-9-11-27-22(13-20)31(4)16(2)3/h6-7,9,11-13,15-16,26H,5,8,10,14H2,1-4H3,(H,28,29,30). The maximum atomic E-state index is 13.1. The van der Waals surface area contributed by atoms with E-state index in [0.717, 1.165) is 36.7 Å². The molecule has 1 aliphatic heterocycles. The second-order valence-corrected chi connectivity index (χ2v) is 8.88. The van der Waals surface area contributed by atoms with Gasteiger partial charge in [-0.25, -0.2) is 19.3 Å². The minimum absolute atomic E-state index is 0.112. The van der Waals surface area contributed by atoms with Crippen molar-refractivity contribution < 1.29 is 0 Å². The first-order valence-electron chi connectivity index (χ1n) is 11.7. The number of fused-ring (bicyclic) bond motifs is 2. The first kappa shape index (κ1) is 22.1. The van der Waals surface area contributed by atoms with E-state index in [1.165, 1.54) is 11.1 Å². The van der Waals surface area contributed by atoms with Crippen molar-refractivity contribution in [2.24, 2.45) is 0 Å². The molecule has 4 aromatic rings. The number of anilines is 3. The van der Waals surface area contributed by atoms with Gasteiger partial charge in [0.15, 0.2) is 5.65 Å². The van der Waals surface area contributed by atoms with Crippen LogP contribution in [0.2, 0.25) is 0 Å². The zero-order valence-corrected chi connectivity index (χ0v) is 20.0. The Morgan fingerprint density at radius 2 is 2.03 bits per heavy atom. The van der Waals surface area contributed by atoms with Crippen molar-refractivity contribution in [2.45, 2.75) is 46.3 Å². The average molecular weight is 459 g/mol. The van der Waals surface area contributed by atoms with Crippen LogP contribution < -0.4 is 21.1 Å². The SMILES string of the molecule is CCn1c(=O)c2cnc(Nc3ccc4c(c3)CNCC4)nc2n1-c1ccnc(N(C)C(C)C)c1. The molecule has 34 heavy (non-hydrogen) atoms. The van der Waals surface area contributed by atoms with Crippen molar-refractivity contribution in [3.8, 4) is 5.69 Å². The predicted octanol–water partition coefficient (Wildman–Crippen LogP) is 3.23. The van der Waals surface area contributed by atoms with Crippen molar-refractivity contribution in [2.75, 3.05) is 23.8 Å². The lowest BCUT2D eigenvalue weighted by Gasteiger charge is -2.23. The largest absolute Gasteiger partial charge is 0.357 e. The van der Waals surface area contributed by atoms with E-state index in [2.05, 4.69) is 57.5 Å². The summed E-state index contributed by atoms with van der Waals surface area (Å²) in [7, 11) is 2.01. The minimum Gasteiger partial charge on any atom is -0.357 e. The van der Waals surface area contributed by atoms with Crippen LogP contribution in [0, 0.1) is 0 Å². The van der Waals surface area contributed by atoms with E-state index in [-0.39, 0.29) is 5.56 Å². The molecule has 0 amide bonds. The molecular formula is C25H30N8O. The van der Waals surface area contributed by atoms with Crippen LogP contribution in [0.5, 0.6) is 0 Å². The van der Waals surface area contributed by atoms with Crippen molar-refractivity contribution in [1.82, 2.24) is 29.6 Å². The summed E-state index contributed by atoms with van der Waals surface area (Å²) in [6.07, 6.45) is 4.41. The molecule has 9 heteroatoms. The second-order valence-electron chi connectivity index (χ2n) is 8.88. The van der Waals surface area contributed by atoms with E-state index in [9.17, 15) is 4.79 Å². The van der Waals surface area contributed by atoms with Gasteiger partial charge in [0.1, 0.15) is 11.2 Å². The van der Waals surface area contributed by atoms with Gasteiger partial charge < -0.3 is 15.5 Å². The summed E-state index contributed by atoms with van der Waals surface area (Å²) < 4.78 is 3.54. The van der Waals surface area contributed by atoms with Gasteiger partial charge in [-0.05, 0) is 63.1 Å². The lowest BCUT2D eigenvalue weighted by atomic mass is 10.0. The van der Waals surface area contributed by atoms with Gasteiger partial charge >= 0.3 is 0 Å². The van der Waals surface area contributed by atoms with E-state index in [1.54, 1.807) is 17.1 Å². The summed E-state index contributed by atoms with van der Waals surface area (Å²) in [5.41, 5.74) is 4.86. The minimum atomic E-state index is -0.112. The second kappa shape index (κ2) is 8.90. The smallest absolute Gasteiger partial charge is 0.278 e. The lowest BCUT2D eigenvalue weighted by molar-refractivity contribution is 0.574. The molecule has 0 saturated heterocycles. The first-order valence-corrected chi connectivity index (χ1v) is 11.7. The van der Waals surface area contributed by atoms with Gasteiger partial charge in [0.2, 0.25) is 5.95 Å². The monoisotopic (exact) mass is 458 g/mol. The Balaban J connectivity index is 1.58. The van der Waals surface area contributed by atoms with Gasteiger partial charge in [0.05, 0.1) is 5.69 Å². The quantitative estimate of drug-likeness (QED) is 0.458. The molecule has 0 atom stereocenters. The Morgan fingerprint density at radius 3 is 2.82 bits per heavy atom. The van der Waals surface area contributed by atoms with E-state index in [4.69, 9.17) is 4.98 Å². The summed E-state index contributed by atoms with van der Waals surface area (Å²) in [4.78, 5) is 28.9. The molecule has 0 bridgehead atoms. The summed E-state index contributed by atoms with van der Waals surface area (Å²) in [6, 6.07) is 10.5. The number of hydrogen-bond donors (Lipinski definition) is 2. The van der Waals surface area contributed by atoms with Gasteiger partial charge in [-0.3, -0.25) is 4.79 Å². The van der Waals surface area contributed by atoms with Crippen LogP contribution in [0.15, 0.2) is 47.5 Å². The highest BCUT2D eigenvalue weighted by molar-refractivity contribution is 5.77. The first-order chi connectivity index (χ1) is 16.5. The van der Waals surface area contributed by atoms with Crippen LogP contribution >= 0.6 is 0 Å². The number of aromatic nitrogens is 5. The van der Waals surface area contributed by atoms with Crippen molar-refractivity contribution in [1.29, 1.82) is 0 Å². The molecular weight excluding hydrogens is 428 g/mol. The van der Waals surface area contributed by atoms with E-state index in [0.29, 0.717) is 29.6 Å². The highest BCUT2D eigenvalue weighted by atomic mass is 16.1. The highest BCUT2D eigenvalue weighted by Gasteiger charge is 2.18. The van der Waals surface area contributed by atoms with Gasteiger partial charge in [-0.2, -0.15) is 4.98 Å². The van der Waals surface area contributed by atoms with Gasteiger partial charge in [-0.15, -0.1) is 0 Å². The molecule has 0 fully saturated rings. The van der Waals surface area contributed by atoms with Gasteiger partial charge in [0, 0.05) is 50.3 Å². The summed E-state index contributed by atoms with van der Waals surface area (Å²) in [5, 5.41) is 7.21. The number of benzene rings is 1. The Bertz CT molecular complexity index is 1400. The molecule has 3 aromatic heterocycles. The average Bonchev–Trinajstić information content (AvgIpc) is 3.14. The van der Waals surface area contributed by atoms with Crippen molar-refractivity contribution in [3.05, 3.63) is 64.2 Å². The summed E-state index contributed by atoms with van der Waals surface area (Å²) in [6.45, 7) is 8.56. The van der Waals surface area contributed by atoms with E-state index >= 15 is 0 Å². The third-order valence-electron chi connectivity index (χ3n) is 6.43. The number of hydrogen-bond acceptors (Lipinski definition) is 7. The fraction of sp³-hybridized carbons (Fsp3) is 0.360. The molecule has 1 aromatic carbocycles. The third-order valence-corrected chi connectivity index (χ3v) is 6.43. The molecule has 176 valence electrons. The van der Waals surface area contributed by atoms with Crippen molar-refractivity contribution in [3.63, 3.8) is 0 Å². The summed E-state index contributed by atoms with van der Waals surface area (Å²) in [5.74, 6) is 1.28. The molecule has 5 rings (SSSR count). The molecule has 0 saturated carbocycles. The number of rotatable bonds is 6. The topological polar surface area (TPSA) is 92.9 Å². The van der Waals surface area contributed by atoms with Crippen molar-refractivity contribution >= 4 is 28.5 Å². The lowest BCUT2D eigenvalue weighted by Crippen LogP contribution is -2.27. The molecule has 0 unspecified atom stereocenters. The normalized spacial score (nSPS) is 13.3. The fourth-order valence-corrected chi connectivity index (χ4v) is 4.32. The predicted molar refractivity (Wildman–Crippen MR) is 135 cm³/mol. The van der Waals surface area contributed by atoms with E-state index < -0.39 is 0 Å². The zero-order chi connectivity index (χ0) is 23.8.